The van der Waals surface area contributed by atoms with Gasteiger partial charge in [-0.25, -0.2) is 8.78 Å². The number of halogens is 3. The third-order valence-corrected chi connectivity index (χ3v) is 3.17. The first-order chi connectivity index (χ1) is 8.49. The standard InChI is InChI=1S/C13H11BrF2N2/c1-7-2-5-11(8(14)6-7)18-13-10(17)4-3-9(15)12(13)16/h2-6,18H,17H2,1H3. The summed E-state index contributed by atoms with van der Waals surface area (Å²) in [5.41, 5.74) is 7.41. The summed E-state index contributed by atoms with van der Waals surface area (Å²) in [5, 5.41) is 2.79. The van der Waals surface area contributed by atoms with Crippen molar-refractivity contribution in [2.24, 2.45) is 0 Å². The van der Waals surface area contributed by atoms with Crippen LogP contribution in [0, 0.1) is 18.6 Å². The number of benzene rings is 2. The van der Waals surface area contributed by atoms with Gasteiger partial charge in [-0.05, 0) is 52.7 Å². The van der Waals surface area contributed by atoms with E-state index in [9.17, 15) is 8.78 Å². The predicted octanol–water partition coefficient (Wildman–Crippen LogP) is 4.36. The molecule has 0 amide bonds. The van der Waals surface area contributed by atoms with Gasteiger partial charge in [-0.3, -0.25) is 0 Å². The predicted molar refractivity (Wildman–Crippen MR) is 72.9 cm³/mol. The lowest BCUT2D eigenvalue weighted by Gasteiger charge is -2.12. The van der Waals surface area contributed by atoms with Crippen molar-refractivity contribution in [3.05, 3.63) is 52.0 Å². The molecule has 0 atom stereocenters. The fourth-order valence-electron chi connectivity index (χ4n) is 1.55. The van der Waals surface area contributed by atoms with Crippen LogP contribution in [0.3, 0.4) is 0 Å². The zero-order valence-electron chi connectivity index (χ0n) is 9.60. The molecule has 2 aromatic rings. The van der Waals surface area contributed by atoms with Crippen LogP contribution in [0.5, 0.6) is 0 Å². The Balaban J connectivity index is 2.43. The van der Waals surface area contributed by atoms with Crippen LogP contribution in [-0.2, 0) is 0 Å². The van der Waals surface area contributed by atoms with Crippen LogP contribution in [0.1, 0.15) is 5.56 Å². The Labute approximate surface area is 112 Å². The van der Waals surface area contributed by atoms with E-state index in [0.29, 0.717) is 5.69 Å². The largest absolute Gasteiger partial charge is 0.397 e. The molecule has 0 saturated carbocycles. The van der Waals surface area contributed by atoms with E-state index in [1.54, 1.807) is 6.07 Å². The zero-order valence-corrected chi connectivity index (χ0v) is 11.2. The van der Waals surface area contributed by atoms with E-state index in [2.05, 4.69) is 21.2 Å². The van der Waals surface area contributed by atoms with Gasteiger partial charge in [0, 0.05) is 4.47 Å². The molecule has 0 aliphatic heterocycles. The fourth-order valence-corrected chi connectivity index (χ4v) is 2.14. The number of nitrogens with one attached hydrogen (secondary N) is 1. The zero-order chi connectivity index (χ0) is 13.3. The van der Waals surface area contributed by atoms with Crippen LogP contribution in [0.25, 0.3) is 0 Å². The van der Waals surface area contributed by atoms with Crippen molar-refractivity contribution in [3.63, 3.8) is 0 Å². The first-order valence-electron chi connectivity index (χ1n) is 5.25. The van der Waals surface area contributed by atoms with Crippen molar-refractivity contribution in [1.82, 2.24) is 0 Å². The molecule has 0 saturated heterocycles. The van der Waals surface area contributed by atoms with Gasteiger partial charge >= 0.3 is 0 Å². The summed E-state index contributed by atoms with van der Waals surface area (Å²) in [6.45, 7) is 1.94. The topological polar surface area (TPSA) is 38.0 Å². The molecule has 0 heterocycles. The summed E-state index contributed by atoms with van der Waals surface area (Å²) in [5.74, 6) is -1.92. The molecule has 5 heteroatoms. The van der Waals surface area contributed by atoms with Gasteiger partial charge in [0.25, 0.3) is 0 Å². The van der Waals surface area contributed by atoms with Gasteiger partial charge in [0.2, 0.25) is 0 Å². The second-order valence-electron chi connectivity index (χ2n) is 3.93. The van der Waals surface area contributed by atoms with Gasteiger partial charge in [0.15, 0.2) is 11.6 Å². The molecule has 94 valence electrons. The minimum Gasteiger partial charge on any atom is -0.397 e. The molecule has 2 nitrogen and oxygen atoms in total. The van der Waals surface area contributed by atoms with Gasteiger partial charge in [0.1, 0.15) is 5.69 Å². The average Bonchev–Trinajstić information content (AvgIpc) is 2.32. The highest BCUT2D eigenvalue weighted by atomic mass is 79.9. The van der Waals surface area contributed by atoms with Gasteiger partial charge in [0.05, 0.1) is 11.4 Å². The average molecular weight is 313 g/mol. The fraction of sp³-hybridized carbons (Fsp3) is 0.0769. The van der Waals surface area contributed by atoms with Gasteiger partial charge in [-0.1, -0.05) is 6.07 Å². The van der Waals surface area contributed by atoms with Crippen LogP contribution >= 0.6 is 15.9 Å². The minimum atomic E-state index is -0.984. The van der Waals surface area contributed by atoms with Crippen molar-refractivity contribution in [2.75, 3.05) is 11.1 Å². The quantitative estimate of drug-likeness (QED) is 0.808. The van der Waals surface area contributed by atoms with E-state index >= 15 is 0 Å². The van der Waals surface area contributed by atoms with Gasteiger partial charge < -0.3 is 11.1 Å². The maximum Gasteiger partial charge on any atom is 0.184 e. The third-order valence-electron chi connectivity index (χ3n) is 2.51. The van der Waals surface area contributed by atoms with Crippen LogP contribution in [0.2, 0.25) is 0 Å². The van der Waals surface area contributed by atoms with Crippen LogP contribution in [0.4, 0.5) is 25.8 Å². The summed E-state index contributed by atoms with van der Waals surface area (Å²) in [7, 11) is 0. The number of hydrogen-bond acceptors (Lipinski definition) is 2. The van der Waals surface area contributed by atoms with Gasteiger partial charge in [-0.2, -0.15) is 0 Å². The molecule has 0 fully saturated rings. The summed E-state index contributed by atoms with van der Waals surface area (Å²) in [6, 6.07) is 7.82. The molecule has 0 aliphatic carbocycles. The molecule has 0 radical (unpaired) electrons. The van der Waals surface area contributed by atoms with Crippen molar-refractivity contribution < 1.29 is 8.78 Å². The molecule has 18 heavy (non-hydrogen) atoms. The number of rotatable bonds is 2. The Hall–Kier alpha value is -1.62. The first-order valence-corrected chi connectivity index (χ1v) is 6.05. The number of nitrogens with two attached hydrogens (primary N) is 1. The molecule has 0 aromatic heterocycles. The van der Waals surface area contributed by atoms with Crippen LogP contribution in [-0.4, -0.2) is 0 Å². The highest BCUT2D eigenvalue weighted by Gasteiger charge is 2.13. The van der Waals surface area contributed by atoms with E-state index in [1.807, 2.05) is 19.1 Å². The molecule has 2 aromatic carbocycles. The summed E-state index contributed by atoms with van der Waals surface area (Å²) in [4.78, 5) is 0. The Morgan fingerprint density at radius 1 is 1.17 bits per heavy atom. The maximum absolute atomic E-state index is 13.6. The van der Waals surface area contributed by atoms with E-state index in [-0.39, 0.29) is 11.4 Å². The summed E-state index contributed by atoms with van der Waals surface area (Å²) in [6.07, 6.45) is 0. The van der Waals surface area contributed by atoms with Crippen LogP contribution in [0.15, 0.2) is 34.8 Å². The van der Waals surface area contributed by atoms with E-state index < -0.39 is 11.6 Å². The SMILES string of the molecule is Cc1ccc(Nc2c(N)ccc(F)c2F)c(Br)c1. The second kappa shape index (κ2) is 4.94. The van der Waals surface area contributed by atoms with Crippen LogP contribution < -0.4 is 11.1 Å². The second-order valence-corrected chi connectivity index (χ2v) is 4.79. The Morgan fingerprint density at radius 2 is 1.89 bits per heavy atom. The van der Waals surface area contributed by atoms with E-state index in [4.69, 9.17) is 5.73 Å². The summed E-state index contributed by atoms with van der Waals surface area (Å²) >= 11 is 3.35. The lowest BCUT2D eigenvalue weighted by atomic mass is 10.2. The molecular formula is C13H11BrF2N2. The molecular weight excluding hydrogens is 302 g/mol. The Kier molecular flexibility index (Phi) is 3.52. The highest BCUT2D eigenvalue weighted by Crippen LogP contribution is 2.32. The molecule has 0 spiro atoms. The van der Waals surface area contributed by atoms with Crippen molar-refractivity contribution in [3.8, 4) is 0 Å². The number of hydrogen-bond donors (Lipinski definition) is 2. The molecule has 3 N–H and O–H groups in total. The number of nitrogen functional groups attached to an aromatic ring is 1. The molecule has 2 rings (SSSR count). The lowest BCUT2D eigenvalue weighted by Crippen LogP contribution is -2.02. The number of aryl methyl sites for hydroxylation is 1. The smallest absolute Gasteiger partial charge is 0.184 e. The van der Waals surface area contributed by atoms with Crippen molar-refractivity contribution in [1.29, 1.82) is 0 Å². The van der Waals surface area contributed by atoms with Crippen molar-refractivity contribution in [2.45, 2.75) is 6.92 Å². The normalized spacial score (nSPS) is 10.4. The minimum absolute atomic E-state index is 0.0560. The highest BCUT2D eigenvalue weighted by molar-refractivity contribution is 9.10. The van der Waals surface area contributed by atoms with E-state index in [0.717, 1.165) is 16.1 Å². The Morgan fingerprint density at radius 3 is 2.56 bits per heavy atom. The first kappa shape index (κ1) is 12.8. The molecule has 0 bridgehead atoms. The summed E-state index contributed by atoms with van der Waals surface area (Å²) < 4.78 is 27.5. The van der Waals surface area contributed by atoms with E-state index in [1.165, 1.54) is 6.07 Å². The maximum atomic E-state index is 13.6. The monoisotopic (exact) mass is 312 g/mol. The lowest BCUT2D eigenvalue weighted by molar-refractivity contribution is 0.512. The van der Waals surface area contributed by atoms with Gasteiger partial charge in [-0.15, -0.1) is 0 Å². The molecule has 0 aliphatic rings. The van der Waals surface area contributed by atoms with Crippen molar-refractivity contribution >= 4 is 33.0 Å². The third kappa shape index (κ3) is 2.46. The number of anilines is 3. The Bertz CT molecular complexity index is 600. The molecule has 0 unspecified atom stereocenters.